The SMILES string of the molecule is NS(=O)(=O)OC[C@@H]1CC[C@H](Nc2ncncc2C(=O)c2ccn(Cc3cc(C(F)(F)F)cc(C(F)(F)F)c3)n2)C1. The van der Waals surface area contributed by atoms with E-state index < -0.39 is 46.1 Å². The van der Waals surface area contributed by atoms with E-state index in [2.05, 4.69) is 24.6 Å². The van der Waals surface area contributed by atoms with Crippen LogP contribution in [0.5, 0.6) is 0 Å². The van der Waals surface area contributed by atoms with Gasteiger partial charge in [0.2, 0.25) is 5.78 Å². The van der Waals surface area contributed by atoms with Gasteiger partial charge in [0.1, 0.15) is 17.8 Å². The number of nitrogens with zero attached hydrogens (tertiary/aromatic N) is 4. The molecule has 216 valence electrons. The molecule has 1 aromatic carbocycles. The molecule has 2 aromatic heterocycles. The van der Waals surface area contributed by atoms with Gasteiger partial charge in [0.05, 0.1) is 29.8 Å². The Bertz CT molecular complexity index is 1460. The first-order chi connectivity index (χ1) is 18.6. The minimum Gasteiger partial charge on any atom is -0.367 e. The second-order valence-electron chi connectivity index (χ2n) is 9.22. The molecule has 2 heterocycles. The van der Waals surface area contributed by atoms with E-state index in [0.717, 1.165) is 4.68 Å². The number of carbonyl (C=O) groups excluding carboxylic acids is 1. The van der Waals surface area contributed by atoms with Crippen LogP contribution in [0.3, 0.4) is 0 Å². The number of carbonyl (C=O) groups is 1. The summed E-state index contributed by atoms with van der Waals surface area (Å²) in [5.74, 6) is -0.546. The van der Waals surface area contributed by atoms with E-state index in [4.69, 9.17) is 5.14 Å². The molecule has 1 aliphatic carbocycles. The van der Waals surface area contributed by atoms with Gasteiger partial charge in [0.15, 0.2) is 0 Å². The number of alkyl halides is 6. The lowest BCUT2D eigenvalue weighted by molar-refractivity contribution is -0.143. The minimum absolute atomic E-state index is 0.0329. The smallest absolute Gasteiger partial charge is 0.367 e. The molecule has 1 aliphatic rings. The molecule has 0 bridgehead atoms. The topological polar surface area (TPSA) is 142 Å². The third kappa shape index (κ3) is 7.54. The number of nitrogens with two attached hydrogens (primary N) is 1. The van der Waals surface area contributed by atoms with Crippen molar-refractivity contribution in [1.29, 1.82) is 0 Å². The Kier molecular flexibility index (Phi) is 8.18. The molecule has 0 radical (unpaired) electrons. The highest BCUT2D eigenvalue weighted by Gasteiger charge is 2.37. The maximum absolute atomic E-state index is 13.2. The third-order valence-electron chi connectivity index (χ3n) is 6.17. The summed E-state index contributed by atoms with van der Waals surface area (Å²) in [4.78, 5) is 21.1. The number of anilines is 1. The van der Waals surface area contributed by atoms with Crippen molar-refractivity contribution >= 4 is 21.9 Å². The van der Waals surface area contributed by atoms with E-state index in [9.17, 15) is 39.6 Å². The number of nitrogens with one attached hydrogen (secondary N) is 1. The lowest BCUT2D eigenvalue weighted by Crippen LogP contribution is -2.22. The Hall–Kier alpha value is -3.57. The van der Waals surface area contributed by atoms with Gasteiger partial charge in [-0.25, -0.2) is 15.1 Å². The van der Waals surface area contributed by atoms with E-state index in [-0.39, 0.29) is 47.3 Å². The molecule has 0 spiro atoms. The molecule has 10 nitrogen and oxygen atoms in total. The molecule has 1 saturated carbocycles. The summed E-state index contributed by atoms with van der Waals surface area (Å²) in [7, 11) is -4.07. The Morgan fingerprint density at radius 1 is 1.10 bits per heavy atom. The van der Waals surface area contributed by atoms with Crippen molar-refractivity contribution in [2.24, 2.45) is 11.1 Å². The van der Waals surface area contributed by atoms with Crippen molar-refractivity contribution in [2.45, 2.75) is 44.2 Å². The summed E-state index contributed by atoms with van der Waals surface area (Å²) in [6.07, 6.45) is -4.50. The molecule has 0 unspecified atom stereocenters. The maximum Gasteiger partial charge on any atom is 0.416 e. The minimum atomic E-state index is -4.99. The van der Waals surface area contributed by atoms with Crippen LogP contribution < -0.4 is 10.5 Å². The molecule has 3 aromatic rings. The molecule has 2 atom stereocenters. The van der Waals surface area contributed by atoms with Gasteiger partial charge in [0.25, 0.3) is 0 Å². The number of hydrogen-bond acceptors (Lipinski definition) is 8. The van der Waals surface area contributed by atoms with Crippen LogP contribution in [0.15, 0.2) is 43.0 Å². The summed E-state index contributed by atoms with van der Waals surface area (Å²) in [6, 6.07) is 2.32. The fourth-order valence-corrected chi connectivity index (χ4v) is 4.74. The highest BCUT2D eigenvalue weighted by atomic mass is 32.2. The van der Waals surface area contributed by atoms with Crippen molar-refractivity contribution in [3.8, 4) is 0 Å². The summed E-state index contributed by atoms with van der Waals surface area (Å²) in [5.41, 5.74) is -3.31. The van der Waals surface area contributed by atoms with Crippen molar-refractivity contribution < 1.29 is 43.7 Å². The highest BCUT2D eigenvalue weighted by molar-refractivity contribution is 7.84. The average molecular weight is 593 g/mol. The van der Waals surface area contributed by atoms with Crippen LogP contribution in [0.25, 0.3) is 0 Å². The first-order valence-corrected chi connectivity index (χ1v) is 13.2. The Balaban J connectivity index is 1.49. The quantitative estimate of drug-likeness (QED) is 0.282. The zero-order valence-corrected chi connectivity index (χ0v) is 21.2. The number of rotatable bonds is 9. The molecular weight excluding hydrogens is 570 g/mol. The zero-order valence-electron chi connectivity index (χ0n) is 20.4. The summed E-state index contributed by atoms with van der Waals surface area (Å²) >= 11 is 0. The van der Waals surface area contributed by atoms with Crippen molar-refractivity contribution in [3.05, 3.63) is 70.9 Å². The number of ketones is 1. The summed E-state index contributed by atoms with van der Waals surface area (Å²) in [5, 5.41) is 12.0. The van der Waals surface area contributed by atoms with E-state index >= 15 is 0 Å². The van der Waals surface area contributed by atoms with Gasteiger partial charge < -0.3 is 5.32 Å². The van der Waals surface area contributed by atoms with Crippen LogP contribution in [0.4, 0.5) is 32.2 Å². The van der Waals surface area contributed by atoms with Crippen LogP contribution in [-0.4, -0.2) is 46.6 Å². The number of aromatic nitrogens is 4. The highest BCUT2D eigenvalue weighted by Crippen LogP contribution is 2.36. The first-order valence-electron chi connectivity index (χ1n) is 11.7. The van der Waals surface area contributed by atoms with Crippen LogP contribution in [0.2, 0.25) is 0 Å². The van der Waals surface area contributed by atoms with Gasteiger partial charge in [-0.05, 0) is 55.0 Å². The van der Waals surface area contributed by atoms with Gasteiger partial charge >= 0.3 is 22.7 Å². The van der Waals surface area contributed by atoms with Crippen molar-refractivity contribution in [1.82, 2.24) is 19.7 Å². The van der Waals surface area contributed by atoms with Gasteiger partial charge in [-0.2, -0.15) is 39.9 Å². The summed E-state index contributed by atoms with van der Waals surface area (Å²) in [6.45, 7) is -0.541. The van der Waals surface area contributed by atoms with E-state index in [0.29, 0.717) is 31.4 Å². The third-order valence-corrected chi connectivity index (χ3v) is 6.64. The van der Waals surface area contributed by atoms with Crippen LogP contribution in [-0.2, 0) is 33.4 Å². The average Bonchev–Trinajstić information content (AvgIpc) is 3.50. The Morgan fingerprint density at radius 3 is 2.40 bits per heavy atom. The fraction of sp³-hybridized carbons (Fsp3) is 0.391. The van der Waals surface area contributed by atoms with E-state index in [1.54, 1.807) is 0 Å². The molecule has 0 saturated heterocycles. The Labute approximate surface area is 223 Å². The molecule has 40 heavy (non-hydrogen) atoms. The zero-order chi connectivity index (χ0) is 29.3. The van der Waals surface area contributed by atoms with Gasteiger partial charge in [-0.1, -0.05) is 0 Å². The standard InChI is InChI=1S/C23H22F6N6O4S/c24-22(25,26)15-5-14(6-16(8-15)23(27,28)29)10-35-4-3-19(34-35)20(36)18-9-31-12-32-21(18)33-17-2-1-13(7-17)11-39-40(30,37)38/h3-6,8-9,12-13,17H,1-2,7,10-11H2,(H2,30,37,38)(H,31,32,33)/t13-,17+/m1/s1. The molecule has 1 fully saturated rings. The largest absolute Gasteiger partial charge is 0.416 e. The number of halogens is 6. The molecule has 17 heteroatoms. The monoisotopic (exact) mass is 592 g/mol. The van der Waals surface area contributed by atoms with Crippen LogP contribution >= 0.6 is 0 Å². The number of benzene rings is 1. The second-order valence-corrected chi connectivity index (χ2v) is 10.4. The molecule has 0 aliphatic heterocycles. The first kappa shape index (κ1) is 29.4. The van der Waals surface area contributed by atoms with Crippen LogP contribution in [0, 0.1) is 5.92 Å². The van der Waals surface area contributed by atoms with Gasteiger partial charge in [-0.3, -0.25) is 13.7 Å². The van der Waals surface area contributed by atoms with Crippen molar-refractivity contribution in [2.75, 3.05) is 11.9 Å². The normalized spacial score (nSPS) is 18.2. The fourth-order valence-electron chi connectivity index (χ4n) is 4.36. The molecule has 3 N–H and O–H groups in total. The van der Waals surface area contributed by atoms with Crippen molar-refractivity contribution in [3.63, 3.8) is 0 Å². The van der Waals surface area contributed by atoms with E-state index in [1.165, 1.54) is 24.8 Å². The van der Waals surface area contributed by atoms with Crippen LogP contribution in [0.1, 0.15) is 52.0 Å². The molecular formula is C23H22F6N6O4S. The predicted octanol–water partition coefficient (Wildman–Crippen LogP) is 3.79. The van der Waals surface area contributed by atoms with Gasteiger partial charge in [-0.15, -0.1) is 0 Å². The maximum atomic E-state index is 13.2. The number of hydrogen-bond donors (Lipinski definition) is 2. The van der Waals surface area contributed by atoms with Gasteiger partial charge in [0, 0.05) is 18.4 Å². The summed E-state index contributed by atoms with van der Waals surface area (Å²) < 4.78 is 107. The van der Waals surface area contributed by atoms with E-state index in [1.807, 2.05) is 0 Å². The molecule has 4 rings (SSSR count). The Morgan fingerprint density at radius 2 is 1.77 bits per heavy atom. The second kappa shape index (κ2) is 11.1. The molecule has 0 amide bonds. The lowest BCUT2D eigenvalue weighted by atomic mass is 10.0. The lowest BCUT2D eigenvalue weighted by Gasteiger charge is -2.15. The predicted molar refractivity (Wildman–Crippen MR) is 127 cm³/mol.